The van der Waals surface area contributed by atoms with Gasteiger partial charge in [0.05, 0.1) is 37.7 Å². The molecule has 1 aromatic rings. The highest BCUT2D eigenvalue weighted by molar-refractivity contribution is 5.63. The number of para-hydroxylation sites is 2. The second-order valence-electron chi connectivity index (χ2n) is 5.30. The van der Waals surface area contributed by atoms with Crippen LogP contribution in [-0.4, -0.2) is 62.6 Å². The van der Waals surface area contributed by atoms with Crippen LogP contribution in [0.5, 0.6) is 0 Å². The third-order valence-electron chi connectivity index (χ3n) is 3.77. The van der Waals surface area contributed by atoms with Crippen LogP contribution in [-0.2, 0) is 4.74 Å². The highest BCUT2D eigenvalue weighted by Crippen LogP contribution is 2.27. The van der Waals surface area contributed by atoms with E-state index in [4.69, 9.17) is 4.74 Å². The molecule has 1 aromatic carbocycles. The van der Waals surface area contributed by atoms with E-state index in [2.05, 4.69) is 0 Å². The van der Waals surface area contributed by atoms with Gasteiger partial charge in [0.25, 0.3) is 5.69 Å². The molecular formula is C14H22N3O4+. The molecule has 1 heterocycles. The Morgan fingerprint density at radius 2 is 2.10 bits per heavy atom. The molecule has 1 atom stereocenters. The number of anilines is 1. The number of aliphatic hydroxyl groups is 1. The molecular weight excluding hydrogens is 274 g/mol. The summed E-state index contributed by atoms with van der Waals surface area (Å²) in [6, 6.07) is 6.84. The van der Waals surface area contributed by atoms with E-state index in [0.717, 1.165) is 26.2 Å². The summed E-state index contributed by atoms with van der Waals surface area (Å²) in [6.45, 7) is 4.20. The molecule has 0 aromatic heterocycles. The van der Waals surface area contributed by atoms with Gasteiger partial charge in [0.15, 0.2) is 0 Å². The quantitative estimate of drug-likeness (QED) is 0.536. The Labute approximate surface area is 123 Å². The number of methoxy groups -OCH3 is 1. The first-order chi connectivity index (χ1) is 10.1. The van der Waals surface area contributed by atoms with Crippen molar-refractivity contribution in [1.29, 1.82) is 0 Å². The molecule has 21 heavy (non-hydrogen) atoms. The van der Waals surface area contributed by atoms with Crippen LogP contribution in [0.3, 0.4) is 0 Å². The van der Waals surface area contributed by atoms with Crippen molar-refractivity contribution in [2.45, 2.75) is 6.10 Å². The highest BCUT2D eigenvalue weighted by atomic mass is 16.6. The molecule has 0 amide bonds. The van der Waals surface area contributed by atoms with E-state index in [-0.39, 0.29) is 10.6 Å². The Morgan fingerprint density at radius 1 is 1.43 bits per heavy atom. The van der Waals surface area contributed by atoms with Crippen LogP contribution in [0.15, 0.2) is 24.3 Å². The van der Waals surface area contributed by atoms with Gasteiger partial charge in [0, 0.05) is 13.2 Å². The lowest BCUT2D eigenvalue weighted by atomic mass is 10.2. The first-order valence-corrected chi connectivity index (χ1v) is 7.10. The van der Waals surface area contributed by atoms with Crippen LogP contribution in [0.4, 0.5) is 11.4 Å². The van der Waals surface area contributed by atoms with E-state index in [1.165, 1.54) is 11.0 Å². The van der Waals surface area contributed by atoms with Gasteiger partial charge in [0.2, 0.25) is 0 Å². The summed E-state index contributed by atoms with van der Waals surface area (Å²) >= 11 is 0. The van der Waals surface area contributed by atoms with Crippen molar-refractivity contribution >= 4 is 11.4 Å². The zero-order chi connectivity index (χ0) is 15.2. The molecule has 0 bridgehead atoms. The average molecular weight is 296 g/mol. The highest BCUT2D eigenvalue weighted by Gasteiger charge is 2.26. The molecule has 1 unspecified atom stereocenters. The van der Waals surface area contributed by atoms with Crippen LogP contribution < -0.4 is 9.80 Å². The van der Waals surface area contributed by atoms with Crippen LogP contribution in [0.1, 0.15) is 0 Å². The zero-order valence-corrected chi connectivity index (χ0v) is 12.2. The first kappa shape index (κ1) is 15.7. The van der Waals surface area contributed by atoms with Crippen molar-refractivity contribution in [2.24, 2.45) is 0 Å². The molecule has 7 nitrogen and oxygen atoms in total. The third-order valence-corrected chi connectivity index (χ3v) is 3.77. The van der Waals surface area contributed by atoms with E-state index in [0.29, 0.717) is 18.8 Å². The van der Waals surface area contributed by atoms with Gasteiger partial charge in [-0.15, -0.1) is 0 Å². The fourth-order valence-corrected chi connectivity index (χ4v) is 2.74. The molecule has 0 saturated carbocycles. The maximum Gasteiger partial charge on any atom is 0.292 e. The van der Waals surface area contributed by atoms with E-state index >= 15 is 0 Å². The molecule has 1 aliphatic heterocycles. The number of benzene rings is 1. The van der Waals surface area contributed by atoms with Crippen molar-refractivity contribution in [3.8, 4) is 0 Å². The molecule has 0 radical (unpaired) electrons. The van der Waals surface area contributed by atoms with Crippen molar-refractivity contribution in [2.75, 3.05) is 51.3 Å². The van der Waals surface area contributed by atoms with Crippen molar-refractivity contribution in [1.82, 2.24) is 0 Å². The van der Waals surface area contributed by atoms with Gasteiger partial charge in [-0.05, 0) is 6.07 Å². The normalized spacial score (nSPS) is 17.7. The summed E-state index contributed by atoms with van der Waals surface area (Å²) in [5, 5.41) is 20.8. The fraction of sp³-hybridized carbons (Fsp3) is 0.571. The number of piperazine rings is 1. The van der Waals surface area contributed by atoms with Gasteiger partial charge >= 0.3 is 0 Å². The van der Waals surface area contributed by atoms with Crippen LogP contribution >= 0.6 is 0 Å². The summed E-state index contributed by atoms with van der Waals surface area (Å²) in [7, 11) is 1.57. The lowest BCUT2D eigenvalue weighted by molar-refractivity contribution is -0.903. The van der Waals surface area contributed by atoms with Crippen LogP contribution in [0.2, 0.25) is 0 Å². The first-order valence-electron chi connectivity index (χ1n) is 7.10. The molecule has 2 rings (SSSR count). The fourth-order valence-electron chi connectivity index (χ4n) is 2.74. The minimum Gasteiger partial charge on any atom is -0.385 e. The number of quaternary nitrogens is 1. The van der Waals surface area contributed by atoms with Gasteiger partial charge in [-0.2, -0.15) is 0 Å². The van der Waals surface area contributed by atoms with Gasteiger partial charge in [0.1, 0.15) is 18.3 Å². The minimum atomic E-state index is -0.456. The monoisotopic (exact) mass is 296 g/mol. The molecule has 1 fully saturated rings. The number of rotatable bonds is 6. The molecule has 0 aliphatic carbocycles. The van der Waals surface area contributed by atoms with E-state index in [1.54, 1.807) is 19.2 Å². The van der Waals surface area contributed by atoms with Crippen LogP contribution in [0, 0.1) is 10.1 Å². The summed E-state index contributed by atoms with van der Waals surface area (Å²) in [6.07, 6.45) is -0.456. The van der Waals surface area contributed by atoms with Gasteiger partial charge in [-0.1, -0.05) is 12.1 Å². The average Bonchev–Trinajstić information content (AvgIpc) is 2.48. The van der Waals surface area contributed by atoms with E-state index in [1.807, 2.05) is 11.0 Å². The lowest BCUT2D eigenvalue weighted by Crippen LogP contribution is -3.16. The van der Waals surface area contributed by atoms with Gasteiger partial charge < -0.3 is 19.6 Å². The molecule has 0 spiro atoms. The Hall–Kier alpha value is -1.70. The summed E-state index contributed by atoms with van der Waals surface area (Å²) in [5.41, 5.74) is 0.833. The van der Waals surface area contributed by atoms with Crippen molar-refractivity contribution < 1.29 is 19.7 Å². The molecule has 2 N–H and O–H groups in total. The standard InChI is InChI=1S/C14H21N3O4/c1-21-11-12(18)10-15-6-8-16(9-7-15)13-4-2-3-5-14(13)17(19)20/h2-5,12,18H,6-11H2,1H3/p+1. The number of nitrogens with one attached hydrogen (secondary N) is 1. The Kier molecular flexibility index (Phi) is 5.49. The topological polar surface area (TPSA) is 80.3 Å². The molecule has 116 valence electrons. The Bertz CT molecular complexity index is 475. The Balaban J connectivity index is 1.94. The van der Waals surface area contributed by atoms with Gasteiger partial charge in [-0.25, -0.2) is 0 Å². The Morgan fingerprint density at radius 3 is 2.71 bits per heavy atom. The predicted octanol–water partition coefficient (Wildman–Crippen LogP) is -0.693. The van der Waals surface area contributed by atoms with Crippen LogP contribution in [0.25, 0.3) is 0 Å². The third kappa shape index (κ3) is 4.13. The largest absolute Gasteiger partial charge is 0.385 e. The summed E-state index contributed by atoms with van der Waals surface area (Å²) in [4.78, 5) is 14.1. The van der Waals surface area contributed by atoms with Crippen molar-refractivity contribution in [3.05, 3.63) is 34.4 Å². The second-order valence-corrected chi connectivity index (χ2v) is 5.30. The molecule has 7 heteroatoms. The maximum absolute atomic E-state index is 11.1. The maximum atomic E-state index is 11.1. The molecule has 1 aliphatic rings. The number of nitrogens with zero attached hydrogens (tertiary/aromatic N) is 2. The number of nitro groups is 1. The number of hydrogen-bond acceptors (Lipinski definition) is 5. The number of aliphatic hydroxyl groups excluding tert-OH is 1. The number of hydrogen-bond donors (Lipinski definition) is 2. The zero-order valence-electron chi connectivity index (χ0n) is 12.2. The molecule has 1 saturated heterocycles. The lowest BCUT2D eigenvalue weighted by Gasteiger charge is -2.34. The smallest absolute Gasteiger partial charge is 0.292 e. The van der Waals surface area contributed by atoms with E-state index < -0.39 is 6.10 Å². The van der Waals surface area contributed by atoms with E-state index in [9.17, 15) is 15.2 Å². The minimum absolute atomic E-state index is 0.153. The van der Waals surface area contributed by atoms with Crippen molar-refractivity contribution in [3.63, 3.8) is 0 Å². The second kappa shape index (κ2) is 7.35. The van der Waals surface area contributed by atoms with Gasteiger partial charge in [-0.3, -0.25) is 10.1 Å². The predicted molar refractivity (Wildman–Crippen MR) is 78.8 cm³/mol. The SMILES string of the molecule is COCC(O)C[NH+]1CCN(c2ccccc2[N+](=O)[O-])CC1. The summed E-state index contributed by atoms with van der Waals surface area (Å²) in [5.74, 6) is 0. The number of nitro benzene ring substituents is 1. The summed E-state index contributed by atoms with van der Waals surface area (Å²) < 4.78 is 4.93. The number of ether oxygens (including phenoxy) is 1.